The molecule has 0 saturated carbocycles. The van der Waals surface area contributed by atoms with Crippen LogP contribution in [0, 0.1) is 0 Å². The lowest BCUT2D eigenvalue weighted by molar-refractivity contribution is -0.200. The fourth-order valence-electron chi connectivity index (χ4n) is 2.52. The Labute approximate surface area is 117 Å². The third-order valence-electron chi connectivity index (χ3n) is 3.63. The van der Waals surface area contributed by atoms with Gasteiger partial charge in [0.15, 0.2) is 6.29 Å². The second-order valence-electron chi connectivity index (χ2n) is 4.83. The van der Waals surface area contributed by atoms with E-state index in [9.17, 15) is 0 Å². The second-order valence-corrected chi connectivity index (χ2v) is 5.23. The smallest absolute Gasteiger partial charge is 0.184 e. The first kappa shape index (κ1) is 13.3. The van der Waals surface area contributed by atoms with E-state index in [0.29, 0.717) is 13.2 Å². The third-order valence-corrected chi connectivity index (χ3v) is 4.00. The van der Waals surface area contributed by atoms with Gasteiger partial charge in [0, 0.05) is 18.6 Å². The van der Waals surface area contributed by atoms with Crippen molar-refractivity contribution in [2.75, 3.05) is 13.7 Å². The van der Waals surface area contributed by atoms with E-state index in [1.54, 1.807) is 7.11 Å². The summed E-state index contributed by atoms with van der Waals surface area (Å²) < 4.78 is 22.6. The van der Waals surface area contributed by atoms with Crippen LogP contribution in [0.3, 0.4) is 0 Å². The molecule has 0 aliphatic carbocycles. The van der Waals surface area contributed by atoms with E-state index in [0.717, 1.165) is 17.0 Å². The SMILES string of the molecule is CO[C@@H]1C[C@H](OCc2ccccc2Cl)[C@H]2CO[C@@H]1O2. The molecule has 104 valence electrons. The van der Waals surface area contributed by atoms with Crippen LogP contribution in [-0.2, 0) is 25.6 Å². The molecular formula is C14H17ClO4. The first-order valence-electron chi connectivity index (χ1n) is 6.43. The predicted molar refractivity (Wildman–Crippen MR) is 70.1 cm³/mol. The summed E-state index contributed by atoms with van der Waals surface area (Å²) >= 11 is 6.12. The average molecular weight is 285 g/mol. The maximum atomic E-state index is 6.12. The summed E-state index contributed by atoms with van der Waals surface area (Å²) in [7, 11) is 1.67. The molecule has 1 aromatic rings. The van der Waals surface area contributed by atoms with Crippen LogP contribution in [-0.4, -0.2) is 38.3 Å². The molecule has 2 bridgehead atoms. The Morgan fingerprint density at radius 2 is 2.16 bits per heavy atom. The average Bonchev–Trinajstić information content (AvgIpc) is 2.85. The monoisotopic (exact) mass is 284 g/mol. The Kier molecular flexibility index (Phi) is 4.05. The highest BCUT2D eigenvalue weighted by molar-refractivity contribution is 6.31. The summed E-state index contributed by atoms with van der Waals surface area (Å²) in [5.74, 6) is 0. The van der Waals surface area contributed by atoms with Crippen LogP contribution in [0.5, 0.6) is 0 Å². The lowest BCUT2D eigenvalue weighted by Crippen LogP contribution is -2.44. The van der Waals surface area contributed by atoms with E-state index >= 15 is 0 Å². The molecule has 2 aliphatic heterocycles. The van der Waals surface area contributed by atoms with Gasteiger partial charge in [0.2, 0.25) is 0 Å². The van der Waals surface area contributed by atoms with Gasteiger partial charge in [-0.05, 0) is 11.6 Å². The second kappa shape index (κ2) is 5.77. The summed E-state index contributed by atoms with van der Waals surface area (Å²) in [5, 5.41) is 0.725. The molecule has 1 aromatic carbocycles. The number of methoxy groups -OCH3 is 1. The zero-order valence-corrected chi connectivity index (χ0v) is 11.5. The van der Waals surface area contributed by atoms with Crippen LogP contribution >= 0.6 is 11.6 Å². The molecule has 0 N–H and O–H groups in total. The van der Waals surface area contributed by atoms with Crippen molar-refractivity contribution >= 4 is 11.6 Å². The molecule has 4 atom stereocenters. The minimum absolute atomic E-state index is 0.00103. The molecule has 2 heterocycles. The predicted octanol–water partition coefficient (Wildman–Crippen LogP) is 2.39. The number of halogens is 1. The van der Waals surface area contributed by atoms with Crippen LogP contribution in [0.15, 0.2) is 24.3 Å². The highest BCUT2D eigenvalue weighted by atomic mass is 35.5. The lowest BCUT2D eigenvalue weighted by Gasteiger charge is -2.32. The molecule has 0 radical (unpaired) electrons. The van der Waals surface area contributed by atoms with Gasteiger partial charge in [0.25, 0.3) is 0 Å². The Morgan fingerprint density at radius 1 is 1.32 bits per heavy atom. The summed E-state index contributed by atoms with van der Waals surface area (Å²) in [6.07, 6.45) is 0.472. The highest BCUT2D eigenvalue weighted by Gasteiger charge is 2.44. The normalized spacial score (nSPS) is 33.6. The molecule has 0 spiro atoms. The Hall–Kier alpha value is -0.650. The zero-order chi connectivity index (χ0) is 13.2. The fraction of sp³-hybridized carbons (Fsp3) is 0.571. The van der Waals surface area contributed by atoms with E-state index in [-0.39, 0.29) is 24.6 Å². The van der Waals surface area contributed by atoms with Crippen molar-refractivity contribution < 1.29 is 18.9 Å². The summed E-state index contributed by atoms with van der Waals surface area (Å²) in [6, 6.07) is 7.69. The maximum absolute atomic E-state index is 6.12. The maximum Gasteiger partial charge on any atom is 0.184 e. The van der Waals surface area contributed by atoms with Crippen LogP contribution in [0.4, 0.5) is 0 Å². The van der Waals surface area contributed by atoms with Crippen molar-refractivity contribution in [1.29, 1.82) is 0 Å². The van der Waals surface area contributed by atoms with Crippen LogP contribution in [0.25, 0.3) is 0 Å². The first-order valence-corrected chi connectivity index (χ1v) is 6.80. The van der Waals surface area contributed by atoms with E-state index < -0.39 is 0 Å². The molecule has 3 rings (SSSR count). The molecule has 0 amide bonds. The highest BCUT2D eigenvalue weighted by Crippen LogP contribution is 2.31. The molecule has 4 nitrogen and oxygen atoms in total. The van der Waals surface area contributed by atoms with E-state index in [2.05, 4.69) is 0 Å². The molecule has 2 saturated heterocycles. The van der Waals surface area contributed by atoms with Crippen LogP contribution < -0.4 is 0 Å². The Morgan fingerprint density at radius 3 is 2.95 bits per heavy atom. The number of hydrogen-bond donors (Lipinski definition) is 0. The largest absolute Gasteiger partial charge is 0.376 e. The van der Waals surface area contributed by atoms with Crippen molar-refractivity contribution in [3.05, 3.63) is 34.9 Å². The summed E-state index contributed by atoms with van der Waals surface area (Å²) in [5.41, 5.74) is 0.985. The standard InChI is InChI=1S/C14H17ClO4/c1-16-12-6-11(13-8-18-14(12)19-13)17-7-9-4-2-3-5-10(9)15/h2-5,11-14H,6-8H2,1H3/t11-,12+,13+,14+/m0/s1. The van der Waals surface area contributed by atoms with Gasteiger partial charge in [0.05, 0.1) is 19.3 Å². The summed E-state index contributed by atoms with van der Waals surface area (Å²) in [4.78, 5) is 0. The molecule has 2 fully saturated rings. The Bertz CT molecular complexity index is 439. The van der Waals surface area contributed by atoms with Gasteiger partial charge in [-0.15, -0.1) is 0 Å². The van der Waals surface area contributed by atoms with Gasteiger partial charge in [0.1, 0.15) is 12.2 Å². The molecule has 0 aromatic heterocycles. The van der Waals surface area contributed by atoms with Crippen molar-refractivity contribution in [2.45, 2.75) is 37.6 Å². The number of ether oxygens (including phenoxy) is 4. The topological polar surface area (TPSA) is 36.9 Å². The van der Waals surface area contributed by atoms with Crippen molar-refractivity contribution in [3.63, 3.8) is 0 Å². The van der Waals surface area contributed by atoms with Gasteiger partial charge in [-0.3, -0.25) is 0 Å². The molecule has 0 unspecified atom stereocenters. The van der Waals surface area contributed by atoms with Crippen molar-refractivity contribution in [3.8, 4) is 0 Å². The number of benzene rings is 1. The quantitative estimate of drug-likeness (QED) is 0.851. The van der Waals surface area contributed by atoms with Crippen LogP contribution in [0.2, 0.25) is 5.02 Å². The van der Waals surface area contributed by atoms with E-state index in [4.69, 9.17) is 30.5 Å². The third kappa shape index (κ3) is 2.78. The first-order chi connectivity index (χ1) is 9.28. The number of fused-ring (bicyclic) bond motifs is 2. The molecule has 5 heteroatoms. The van der Waals surface area contributed by atoms with Gasteiger partial charge in [-0.2, -0.15) is 0 Å². The Balaban J connectivity index is 1.62. The van der Waals surface area contributed by atoms with Gasteiger partial charge in [-0.25, -0.2) is 0 Å². The van der Waals surface area contributed by atoms with Gasteiger partial charge in [-0.1, -0.05) is 29.8 Å². The molecule has 2 aliphatic rings. The number of rotatable bonds is 4. The van der Waals surface area contributed by atoms with Crippen molar-refractivity contribution in [2.24, 2.45) is 0 Å². The minimum Gasteiger partial charge on any atom is -0.376 e. The zero-order valence-electron chi connectivity index (χ0n) is 10.8. The van der Waals surface area contributed by atoms with Crippen molar-refractivity contribution in [1.82, 2.24) is 0 Å². The minimum atomic E-state index is -0.241. The molecular weight excluding hydrogens is 268 g/mol. The van der Waals surface area contributed by atoms with Crippen LogP contribution in [0.1, 0.15) is 12.0 Å². The lowest BCUT2D eigenvalue weighted by atomic mass is 10.0. The van der Waals surface area contributed by atoms with E-state index in [1.165, 1.54) is 0 Å². The van der Waals surface area contributed by atoms with E-state index in [1.807, 2.05) is 24.3 Å². The summed E-state index contributed by atoms with van der Waals surface area (Å²) in [6.45, 7) is 1.04. The fourth-order valence-corrected chi connectivity index (χ4v) is 2.71. The molecule has 19 heavy (non-hydrogen) atoms. The number of hydrogen-bond acceptors (Lipinski definition) is 4. The van der Waals surface area contributed by atoms with Gasteiger partial charge < -0.3 is 18.9 Å². The van der Waals surface area contributed by atoms with Gasteiger partial charge >= 0.3 is 0 Å².